The van der Waals surface area contributed by atoms with Gasteiger partial charge < -0.3 is 5.32 Å². The number of carbonyl (C=O) groups excluding carboxylic acids is 2. The lowest BCUT2D eigenvalue weighted by molar-refractivity contribution is -0.137. The minimum absolute atomic E-state index is 0.225. The Labute approximate surface area is 138 Å². The van der Waals surface area contributed by atoms with Gasteiger partial charge in [0.2, 0.25) is 5.91 Å². The van der Waals surface area contributed by atoms with Crippen molar-refractivity contribution in [1.82, 2.24) is 5.32 Å². The van der Waals surface area contributed by atoms with Crippen LogP contribution >= 0.6 is 34.8 Å². The zero-order valence-corrected chi connectivity index (χ0v) is 14.1. The predicted molar refractivity (Wildman–Crippen MR) is 85.3 cm³/mol. The molecule has 1 aliphatic heterocycles. The lowest BCUT2D eigenvalue weighted by atomic mass is 9.92. The van der Waals surface area contributed by atoms with Crippen molar-refractivity contribution >= 4 is 52.3 Å². The topological polar surface area (TPSA) is 49.4 Å². The summed E-state index contributed by atoms with van der Waals surface area (Å²) in [6.45, 7) is 5.17. The number of hydrogen-bond acceptors (Lipinski definition) is 2. The Morgan fingerprint density at radius 3 is 2.33 bits per heavy atom. The molecule has 0 aromatic heterocycles. The molecule has 0 aliphatic carbocycles. The van der Waals surface area contributed by atoms with Gasteiger partial charge in [0.05, 0.1) is 20.8 Å². The zero-order chi connectivity index (χ0) is 15.9. The maximum absolute atomic E-state index is 12.8. The fourth-order valence-corrected chi connectivity index (χ4v) is 2.88. The molecular formula is C14H15Cl3N2O2. The molecule has 0 spiro atoms. The van der Waals surface area contributed by atoms with Crippen LogP contribution in [0.1, 0.15) is 27.2 Å². The van der Waals surface area contributed by atoms with E-state index in [-0.39, 0.29) is 21.9 Å². The van der Waals surface area contributed by atoms with E-state index in [1.807, 2.05) is 6.92 Å². The highest BCUT2D eigenvalue weighted by molar-refractivity contribution is 6.44. The van der Waals surface area contributed by atoms with E-state index in [1.54, 1.807) is 13.8 Å². The summed E-state index contributed by atoms with van der Waals surface area (Å²) in [5.41, 5.74) is -0.572. The van der Waals surface area contributed by atoms with Crippen LogP contribution in [0.15, 0.2) is 12.1 Å². The molecule has 0 radical (unpaired) electrons. The van der Waals surface area contributed by atoms with Crippen LogP contribution in [0.25, 0.3) is 0 Å². The monoisotopic (exact) mass is 348 g/mol. The predicted octanol–water partition coefficient (Wildman–Crippen LogP) is 3.67. The minimum Gasteiger partial charge on any atom is -0.340 e. The smallest absolute Gasteiger partial charge is 0.253 e. The number of halogens is 3. The molecule has 1 fully saturated rings. The minimum atomic E-state index is -0.959. The normalized spacial score (nSPS) is 26.0. The standard InChI is InChI=1S/C14H15Cl3N2O2/c1-4-14(3)13(21)19(7(2)12(20)18-14)11-6-9(16)8(15)5-10(11)17/h5-7H,4H2,1-3H3,(H,18,20). The van der Waals surface area contributed by atoms with Crippen LogP contribution < -0.4 is 10.2 Å². The Hall–Kier alpha value is -0.970. The van der Waals surface area contributed by atoms with E-state index in [9.17, 15) is 9.59 Å². The fraction of sp³-hybridized carbons (Fsp3) is 0.429. The summed E-state index contributed by atoms with van der Waals surface area (Å²) in [5, 5.41) is 3.61. The van der Waals surface area contributed by atoms with Crippen molar-refractivity contribution in [3.05, 3.63) is 27.2 Å². The first kappa shape index (κ1) is 16.4. The molecule has 1 saturated heterocycles. The maximum atomic E-state index is 12.8. The molecule has 2 unspecified atom stereocenters. The van der Waals surface area contributed by atoms with E-state index in [1.165, 1.54) is 17.0 Å². The molecule has 1 aliphatic rings. The van der Waals surface area contributed by atoms with Gasteiger partial charge in [-0.1, -0.05) is 41.7 Å². The van der Waals surface area contributed by atoms with Crippen LogP contribution in [-0.4, -0.2) is 23.4 Å². The summed E-state index contributed by atoms with van der Waals surface area (Å²) in [5.74, 6) is -0.460. The Balaban J connectivity index is 2.57. The Morgan fingerprint density at radius 2 is 1.76 bits per heavy atom. The first-order valence-corrected chi connectivity index (χ1v) is 7.65. The Morgan fingerprint density at radius 1 is 1.19 bits per heavy atom. The van der Waals surface area contributed by atoms with Crippen molar-refractivity contribution in [2.75, 3.05) is 4.90 Å². The maximum Gasteiger partial charge on any atom is 0.253 e. The van der Waals surface area contributed by atoms with Crippen LogP contribution in [0.3, 0.4) is 0 Å². The van der Waals surface area contributed by atoms with Crippen molar-refractivity contribution in [3.8, 4) is 0 Å². The number of hydrogen-bond donors (Lipinski definition) is 1. The van der Waals surface area contributed by atoms with E-state index in [0.29, 0.717) is 17.1 Å². The lowest BCUT2D eigenvalue weighted by Crippen LogP contribution is -2.68. The molecule has 1 heterocycles. The van der Waals surface area contributed by atoms with Gasteiger partial charge >= 0.3 is 0 Å². The Kier molecular flexibility index (Phi) is 4.43. The number of piperazine rings is 1. The summed E-state index contributed by atoms with van der Waals surface area (Å²) in [7, 11) is 0. The molecule has 4 nitrogen and oxygen atoms in total. The number of amides is 2. The van der Waals surface area contributed by atoms with Gasteiger partial charge in [0.1, 0.15) is 11.6 Å². The van der Waals surface area contributed by atoms with Crippen molar-refractivity contribution in [1.29, 1.82) is 0 Å². The third-order valence-electron chi connectivity index (χ3n) is 3.81. The van der Waals surface area contributed by atoms with E-state index in [4.69, 9.17) is 34.8 Å². The fourth-order valence-electron chi connectivity index (χ4n) is 2.24. The van der Waals surface area contributed by atoms with Gasteiger partial charge in [-0.2, -0.15) is 0 Å². The first-order valence-electron chi connectivity index (χ1n) is 6.51. The summed E-state index contributed by atoms with van der Waals surface area (Å²) in [4.78, 5) is 26.3. The van der Waals surface area contributed by atoms with Gasteiger partial charge in [-0.15, -0.1) is 0 Å². The van der Waals surface area contributed by atoms with Gasteiger partial charge in [-0.3, -0.25) is 14.5 Å². The molecule has 2 amide bonds. The molecular weight excluding hydrogens is 335 g/mol. The van der Waals surface area contributed by atoms with Gasteiger partial charge in [0.15, 0.2) is 0 Å². The second-order valence-electron chi connectivity index (χ2n) is 5.24. The molecule has 2 atom stereocenters. The molecule has 114 valence electrons. The van der Waals surface area contributed by atoms with E-state index >= 15 is 0 Å². The summed E-state index contributed by atoms with van der Waals surface area (Å²) >= 11 is 18.1. The van der Waals surface area contributed by atoms with E-state index in [0.717, 1.165) is 0 Å². The number of anilines is 1. The van der Waals surface area contributed by atoms with Crippen LogP contribution in [-0.2, 0) is 9.59 Å². The Bertz CT molecular complexity index is 620. The van der Waals surface area contributed by atoms with Crippen molar-refractivity contribution in [2.45, 2.75) is 38.8 Å². The zero-order valence-electron chi connectivity index (χ0n) is 11.8. The summed E-state index contributed by atoms with van der Waals surface area (Å²) in [6.07, 6.45) is 0.472. The van der Waals surface area contributed by atoms with Crippen LogP contribution in [0.5, 0.6) is 0 Å². The highest BCUT2D eigenvalue weighted by Gasteiger charge is 2.46. The molecule has 7 heteroatoms. The molecule has 1 N–H and O–H groups in total. The number of benzene rings is 1. The first-order chi connectivity index (χ1) is 9.71. The van der Waals surface area contributed by atoms with Crippen LogP contribution in [0, 0.1) is 0 Å². The number of rotatable bonds is 2. The van der Waals surface area contributed by atoms with Gasteiger partial charge in [0.25, 0.3) is 5.91 Å². The number of nitrogens with one attached hydrogen (secondary N) is 1. The molecule has 21 heavy (non-hydrogen) atoms. The van der Waals surface area contributed by atoms with Gasteiger partial charge in [-0.05, 0) is 32.4 Å². The van der Waals surface area contributed by atoms with Gasteiger partial charge in [0, 0.05) is 0 Å². The lowest BCUT2D eigenvalue weighted by Gasteiger charge is -2.43. The number of carbonyl (C=O) groups is 2. The van der Waals surface area contributed by atoms with Crippen LogP contribution in [0.4, 0.5) is 5.69 Å². The summed E-state index contributed by atoms with van der Waals surface area (Å²) < 4.78 is 0. The molecule has 0 saturated carbocycles. The molecule has 2 rings (SSSR count). The number of nitrogens with zero attached hydrogens (tertiary/aromatic N) is 1. The third-order valence-corrected chi connectivity index (χ3v) is 4.84. The van der Waals surface area contributed by atoms with Crippen molar-refractivity contribution in [3.63, 3.8) is 0 Å². The van der Waals surface area contributed by atoms with Crippen LogP contribution in [0.2, 0.25) is 15.1 Å². The second kappa shape index (κ2) is 5.67. The molecule has 1 aromatic carbocycles. The SMILES string of the molecule is CCC1(C)NC(=O)C(C)N(c2cc(Cl)c(Cl)cc2Cl)C1=O. The highest BCUT2D eigenvalue weighted by Crippen LogP contribution is 2.37. The van der Waals surface area contributed by atoms with Crippen molar-refractivity contribution in [2.24, 2.45) is 0 Å². The van der Waals surface area contributed by atoms with E-state index in [2.05, 4.69) is 5.32 Å². The third kappa shape index (κ3) is 2.72. The van der Waals surface area contributed by atoms with Crippen molar-refractivity contribution < 1.29 is 9.59 Å². The average Bonchev–Trinajstić information content (AvgIpc) is 2.42. The molecule has 1 aromatic rings. The van der Waals surface area contributed by atoms with E-state index < -0.39 is 11.6 Å². The quantitative estimate of drug-likeness (QED) is 0.828. The average molecular weight is 350 g/mol. The van der Waals surface area contributed by atoms with Gasteiger partial charge in [-0.25, -0.2) is 0 Å². The second-order valence-corrected chi connectivity index (χ2v) is 6.47. The molecule has 0 bridgehead atoms. The highest BCUT2D eigenvalue weighted by atomic mass is 35.5. The summed E-state index contributed by atoms with van der Waals surface area (Å²) in [6, 6.07) is 2.30. The largest absolute Gasteiger partial charge is 0.340 e.